The third kappa shape index (κ3) is 11.5. The first-order valence-corrected chi connectivity index (χ1v) is 23.6. The Morgan fingerprint density at radius 1 is 0.554 bits per heavy atom. The van der Waals surface area contributed by atoms with E-state index in [0.717, 1.165) is 96.9 Å². The van der Waals surface area contributed by atoms with Gasteiger partial charge < -0.3 is 30.8 Å². The van der Waals surface area contributed by atoms with Crippen molar-refractivity contribution >= 4 is 56.7 Å². The molecule has 0 aliphatic heterocycles. The number of thioether (sulfide) groups is 2. The summed E-state index contributed by atoms with van der Waals surface area (Å²) < 4.78 is 0. The number of hydrogen-bond acceptors (Lipinski definition) is 10. The van der Waals surface area contributed by atoms with Gasteiger partial charge in [-0.15, -0.1) is 0 Å². The number of aliphatic hydroxyl groups is 2. The molecular weight excluding hydrogens is 741 g/mol. The predicted octanol–water partition coefficient (Wildman–Crippen LogP) is 8.90. The minimum Gasteiger partial charge on any atom is -0.396 e. The average molecular weight is 803 g/mol. The van der Waals surface area contributed by atoms with Gasteiger partial charge in [-0.3, -0.25) is 9.59 Å². The number of aromatic nitrogens is 4. The van der Waals surface area contributed by atoms with Gasteiger partial charge in [0.25, 0.3) is 11.1 Å². The second-order valence-corrected chi connectivity index (χ2v) is 19.3. The monoisotopic (exact) mass is 802 g/mol. The van der Waals surface area contributed by atoms with Gasteiger partial charge in [-0.1, -0.05) is 38.5 Å². The number of H-pyrrole nitrogens is 2. The number of rotatable bonds is 12. The first-order valence-electron chi connectivity index (χ1n) is 21.5. The minimum atomic E-state index is -0.0474. The molecular formula is C44H62N6O4S2. The van der Waals surface area contributed by atoms with Gasteiger partial charge in [-0.25, -0.2) is 9.97 Å². The number of nitrogens with one attached hydrogen (secondary N) is 4. The van der Waals surface area contributed by atoms with Crippen molar-refractivity contribution in [2.45, 2.75) is 150 Å². The summed E-state index contributed by atoms with van der Waals surface area (Å²) in [6.45, 7) is 0.627. The minimum absolute atomic E-state index is 0.0474. The van der Waals surface area contributed by atoms with Crippen LogP contribution in [-0.2, 0) is 11.5 Å². The molecule has 6 N–H and O–H groups in total. The van der Waals surface area contributed by atoms with E-state index in [-0.39, 0.29) is 11.1 Å². The lowest BCUT2D eigenvalue weighted by Gasteiger charge is -2.26. The Kier molecular flexibility index (Phi) is 15.1. The van der Waals surface area contributed by atoms with Gasteiger partial charge in [0.05, 0.1) is 33.3 Å². The molecule has 4 aliphatic rings. The largest absolute Gasteiger partial charge is 0.396 e. The summed E-state index contributed by atoms with van der Waals surface area (Å²) in [6.07, 6.45) is 21.7. The molecule has 10 nitrogen and oxygen atoms in total. The van der Waals surface area contributed by atoms with E-state index in [4.69, 9.17) is 9.97 Å². The molecule has 56 heavy (non-hydrogen) atoms. The summed E-state index contributed by atoms with van der Waals surface area (Å²) in [6, 6.07) is 12.9. The highest BCUT2D eigenvalue weighted by molar-refractivity contribution is 7.99. The quantitative estimate of drug-likeness (QED) is 0.0818. The highest BCUT2D eigenvalue weighted by atomic mass is 32.2. The lowest BCUT2D eigenvalue weighted by atomic mass is 9.90. The average Bonchev–Trinajstić information content (AvgIpc) is 3.23. The molecule has 304 valence electrons. The van der Waals surface area contributed by atoms with Crippen LogP contribution in [0, 0.1) is 11.8 Å². The third-order valence-corrected chi connectivity index (χ3v) is 15.2. The predicted molar refractivity (Wildman–Crippen MR) is 234 cm³/mol. The van der Waals surface area contributed by atoms with E-state index in [1.165, 1.54) is 64.2 Å². The highest BCUT2D eigenvalue weighted by Gasteiger charge is 2.23. The number of hydrogen-bond donors (Lipinski definition) is 6. The fraction of sp³-hybridized carbons (Fsp3) is 0.636. The van der Waals surface area contributed by atoms with Crippen LogP contribution in [0.5, 0.6) is 0 Å². The van der Waals surface area contributed by atoms with Crippen molar-refractivity contribution in [3.63, 3.8) is 0 Å². The molecule has 0 radical (unpaired) electrons. The zero-order chi connectivity index (χ0) is 38.7. The number of anilines is 2. The molecule has 0 saturated heterocycles. The summed E-state index contributed by atoms with van der Waals surface area (Å²) in [5.74, 6) is 3.96. The van der Waals surface area contributed by atoms with E-state index in [9.17, 15) is 19.8 Å². The molecule has 2 heterocycles. The first kappa shape index (κ1) is 41.1. The first-order chi connectivity index (χ1) is 27.4. The van der Waals surface area contributed by atoms with Crippen LogP contribution < -0.4 is 21.8 Å². The second-order valence-electron chi connectivity index (χ2n) is 16.7. The fourth-order valence-electron chi connectivity index (χ4n) is 9.01. The van der Waals surface area contributed by atoms with E-state index in [1.807, 2.05) is 59.9 Å². The van der Waals surface area contributed by atoms with Crippen LogP contribution >= 0.6 is 23.5 Å². The van der Waals surface area contributed by atoms with Crippen molar-refractivity contribution in [1.29, 1.82) is 0 Å². The number of fused-ring (bicyclic) bond motifs is 2. The Labute approximate surface area is 339 Å². The maximum atomic E-state index is 12.5. The molecule has 12 heteroatoms. The van der Waals surface area contributed by atoms with Crippen LogP contribution in [0.3, 0.4) is 0 Å². The number of benzene rings is 2. The Balaban J connectivity index is 0.000000172. The van der Waals surface area contributed by atoms with Gasteiger partial charge >= 0.3 is 0 Å². The van der Waals surface area contributed by atoms with Crippen molar-refractivity contribution in [3.05, 3.63) is 68.8 Å². The molecule has 0 bridgehead atoms. The van der Waals surface area contributed by atoms with Crippen LogP contribution in [0.2, 0.25) is 0 Å². The van der Waals surface area contributed by atoms with Crippen LogP contribution in [0.4, 0.5) is 11.4 Å². The SMILES string of the molecule is O=c1[nH]c(CSC2CCC(CO)CC2)nc2cc(NC3CCCCC3)ccc12.O=c1[nH]c(CSC2CCC(CO)CC2)nc2cc(NC3CCCCC3)ccc12. The third-order valence-electron chi connectivity index (χ3n) is 12.5. The summed E-state index contributed by atoms with van der Waals surface area (Å²) in [5.41, 5.74) is 3.60. The Morgan fingerprint density at radius 3 is 1.32 bits per heavy atom. The van der Waals surface area contributed by atoms with Crippen molar-refractivity contribution in [2.75, 3.05) is 23.8 Å². The van der Waals surface area contributed by atoms with Crippen molar-refractivity contribution in [1.82, 2.24) is 19.9 Å². The standard InChI is InChI=1S/2C22H31N3O2S/c2*26-13-15-6-9-18(10-7-15)28-14-21-24-20-12-17(8-11-19(20)22(27)25-21)23-16-4-2-1-3-5-16/h2*8,11-12,15-16,18,23,26H,1-7,9-10,13-14H2,(H,24,25,27). The number of aliphatic hydroxyl groups excluding tert-OH is 2. The van der Waals surface area contributed by atoms with Crippen molar-refractivity contribution in [3.8, 4) is 0 Å². The molecule has 4 aliphatic carbocycles. The molecule has 0 amide bonds. The van der Waals surface area contributed by atoms with E-state index < -0.39 is 0 Å². The second kappa shape index (κ2) is 20.6. The van der Waals surface area contributed by atoms with E-state index in [2.05, 4.69) is 20.6 Å². The topological polar surface area (TPSA) is 156 Å². The zero-order valence-corrected chi connectivity index (χ0v) is 34.5. The van der Waals surface area contributed by atoms with Crippen molar-refractivity contribution in [2.24, 2.45) is 11.8 Å². The Morgan fingerprint density at radius 2 is 0.946 bits per heavy atom. The molecule has 0 spiro atoms. The zero-order valence-electron chi connectivity index (χ0n) is 32.9. The number of aromatic amines is 2. The van der Waals surface area contributed by atoms with E-state index in [1.54, 1.807) is 0 Å². The van der Waals surface area contributed by atoms with Crippen LogP contribution in [-0.4, -0.2) is 65.9 Å². The molecule has 4 aromatic rings. The molecule has 8 rings (SSSR count). The molecule has 4 fully saturated rings. The summed E-state index contributed by atoms with van der Waals surface area (Å²) in [7, 11) is 0. The van der Waals surface area contributed by atoms with E-state index in [0.29, 0.717) is 58.4 Å². The van der Waals surface area contributed by atoms with Crippen molar-refractivity contribution < 1.29 is 10.2 Å². The summed E-state index contributed by atoms with van der Waals surface area (Å²) >= 11 is 3.77. The van der Waals surface area contributed by atoms with Crippen LogP contribution in [0.1, 0.15) is 127 Å². The maximum absolute atomic E-state index is 12.5. The van der Waals surface area contributed by atoms with Gasteiger partial charge in [-0.2, -0.15) is 23.5 Å². The van der Waals surface area contributed by atoms with Gasteiger partial charge in [0, 0.05) is 47.2 Å². The lowest BCUT2D eigenvalue weighted by Crippen LogP contribution is -2.22. The van der Waals surface area contributed by atoms with Crippen LogP contribution in [0.15, 0.2) is 46.0 Å². The number of nitrogens with zero attached hydrogens (tertiary/aromatic N) is 2. The smallest absolute Gasteiger partial charge is 0.258 e. The molecule has 2 aromatic carbocycles. The normalized spacial score (nSPS) is 23.8. The lowest BCUT2D eigenvalue weighted by molar-refractivity contribution is 0.192. The summed E-state index contributed by atoms with van der Waals surface area (Å²) in [5, 5.41) is 28.3. The Bertz CT molecular complexity index is 1820. The molecule has 2 aromatic heterocycles. The molecule has 0 atom stereocenters. The molecule has 0 unspecified atom stereocenters. The van der Waals surface area contributed by atoms with Crippen LogP contribution in [0.25, 0.3) is 21.8 Å². The Hall–Kier alpha value is -3.06. The molecule has 4 saturated carbocycles. The van der Waals surface area contributed by atoms with Gasteiger partial charge in [0.15, 0.2) is 0 Å². The maximum Gasteiger partial charge on any atom is 0.258 e. The van der Waals surface area contributed by atoms with Gasteiger partial charge in [0.1, 0.15) is 11.6 Å². The van der Waals surface area contributed by atoms with Gasteiger partial charge in [0.2, 0.25) is 0 Å². The van der Waals surface area contributed by atoms with E-state index >= 15 is 0 Å². The highest BCUT2D eigenvalue weighted by Crippen LogP contribution is 2.34. The fourth-order valence-corrected chi connectivity index (χ4v) is 11.3. The van der Waals surface area contributed by atoms with Gasteiger partial charge in [-0.05, 0) is 125 Å². The summed E-state index contributed by atoms with van der Waals surface area (Å²) in [4.78, 5) is 40.4.